The fraction of sp³-hybridized carbons (Fsp3) is 0.517. The fourth-order valence-corrected chi connectivity index (χ4v) is 6.87. The van der Waals surface area contributed by atoms with Crippen molar-refractivity contribution in [2.75, 3.05) is 13.6 Å². The van der Waals surface area contributed by atoms with Gasteiger partial charge in [0, 0.05) is 31.9 Å². The van der Waals surface area contributed by atoms with Gasteiger partial charge in [-0.2, -0.15) is 0 Å². The Morgan fingerprint density at radius 1 is 1.12 bits per heavy atom. The number of nitrogens with zero attached hydrogens (tertiary/aromatic N) is 1. The van der Waals surface area contributed by atoms with E-state index in [9.17, 15) is 34.5 Å². The zero-order valence-corrected chi connectivity index (χ0v) is 23.6. The van der Waals surface area contributed by atoms with Crippen LogP contribution in [0.3, 0.4) is 0 Å². The summed E-state index contributed by atoms with van der Waals surface area (Å²) in [7, 11) is 1.96. The van der Waals surface area contributed by atoms with E-state index in [1.54, 1.807) is 12.1 Å². The Morgan fingerprint density at radius 3 is 2.43 bits per heavy atom. The lowest BCUT2D eigenvalue weighted by Gasteiger charge is -2.61. The molecule has 2 bridgehead atoms. The van der Waals surface area contributed by atoms with Gasteiger partial charge in [0.05, 0.1) is 11.0 Å². The summed E-state index contributed by atoms with van der Waals surface area (Å²) >= 11 is 0. The average Bonchev–Trinajstić information content (AvgIpc) is 3.27. The minimum atomic E-state index is -1.98. The zero-order valence-electron chi connectivity index (χ0n) is 23.6. The monoisotopic (exact) mass is 587 g/mol. The first-order valence-corrected chi connectivity index (χ1v) is 13.5. The van der Waals surface area contributed by atoms with Crippen LogP contribution in [0.5, 0.6) is 11.5 Å². The smallest absolute Gasteiger partial charge is 0.352 e. The highest BCUT2D eigenvalue weighted by molar-refractivity contribution is 5.79. The Labute approximate surface area is 241 Å². The van der Waals surface area contributed by atoms with Crippen LogP contribution in [0, 0.1) is 0 Å². The summed E-state index contributed by atoms with van der Waals surface area (Å²) < 4.78 is 27.3. The third-order valence-corrected chi connectivity index (χ3v) is 8.65. The molecular weight excluding hydrogens is 554 g/mol. The molecule has 5 rings (SSSR count). The normalized spacial score (nSPS) is 29.0. The summed E-state index contributed by atoms with van der Waals surface area (Å²) in [6, 6.07) is 3.16. The largest absolute Gasteiger partial charge is 0.504 e. The SMILES string of the molecule is C=C(O[C@@H](C)C(=O)OC1=CC[C@@]2(O)[C@H]3Cc4ccc(O)c5c4[C@@]2(CCN3C)[C@H]1O5)[C@H](OC(C)=O)[C@@H](OC(C)=O)C(=O)O. The second-order valence-corrected chi connectivity index (χ2v) is 11.1. The van der Waals surface area contributed by atoms with E-state index in [-0.39, 0.29) is 29.7 Å². The lowest BCUT2D eigenvalue weighted by molar-refractivity contribution is -0.179. The molecule has 2 heterocycles. The van der Waals surface area contributed by atoms with E-state index in [2.05, 4.69) is 11.5 Å². The number of hydrogen-bond donors (Lipinski definition) is 3. The van der Waals surface area contributed by atoms with E-state index < -0.39 is 65.1 Å². The number of likely N-dealkylation sites (tertiary alicyclic amines) is 1. The van der Waals surface area contributed by atoms with Gasteiger partial charge >= 0.3 is 23.9 Å². The van der Waals surface area contributed by atoms with Crippen LogP contribution in [-0.2, 0) is 50.0 Å². The van der Waals surface area contributed by atoms with E-state index in [4.69, 9.17) is 23.7 Å². The van der Waals surface area contributed by atoms with Crippen LogP contribution >= 0.6 is 0 Å². The number of likely N-dealkylation sites (N-methyl/N-ethyl adjacent to an activating group) is 1. The molecule has 2 aliphatic carbocycles. The van der Waals surface area contributed by atoms with Gasteiger partial charge in [-0.05, 0) is 51.1 Å². The Bertz CT molecular complexity index is 1400. The third-order valence-electron chi connectivity index (χ3n) is 8.65. The standard InChI is InChI=1S/C29H33NO12/c1-13(22(39-15(3)31)24(26(34)35)40-16(4)32)38-14(2)27(36)41-19-8-9-29(37)20-12-17-6-7-18(33)23-21(17)28(29,25(19)42-23)10-11-30(20)5/h6-8,14,20,22,24-25,33,37H,1,9-12H2,2-5H3,(H,34,35)/t14-,20+,22-,24+,25-,28-,29+/m0/s1. The molecule has 2 aliphatic heterocycles. The van der Waals surface area contributed by atoms with Gasteiger partial charge in [0.25, 0.3) is 0 Å². The van der Waals surface area contributed by atoms with Crippen molar-refractivity contribution >= 4 is 23.9 Å². The van der Waals surface area contributed by atoms with E-state index in [0.29, 0.717) is 19.4 Å². The number of ether oxygens (including phenoxy) is 5. The summed E-state index contributed by atoms with van der Waals surface area (Å²) in [6.45, 7) is 7.55. The van der Waals surface area contributed by atoms with Crippen molar-refractivity contribution in [2.24, 2.45) is 0 Å². The summed E-state index contributed by atoms with van der Waals surface area (Å²) in [5, 5.41) is 32.4. The molecule has 7 atom stereocenters. The van der Waals surface area contributed by atoms with Crippen molar-refractivity contribution < 1.29 is 58.2 Å². The quantitative estimate of drug-likeness (QED) is 0.213. The molecule has 1 saturated heterocycles. The molecule has 0 aromatic heterocycles. The second-order valence-electron chi connectivity index (χ2n) is 11.1. The number of carbonyl (C=O) groups excluding carboxylic acids is 3. The molecule has 13 heteroatoms. The van der Waals surface area contributed by atoms with Crippen molar-refractivity contribution in [1.82, 2.24) is 4.90 Å². The number of hydrogen-bond acceptors (Lipinski definition) is 12. The predicted molar refractivity (Wildman–Crippen MR) is 141 cm³/mol. The maximum absolute atomic E-state index is 13.3. The summed E-state index contributed by atoms with van der Waals surface area (Å²) in [4.78, 5) is 50.2. The van der Waals surface area contributed by atoms with Crippen molar-refractivity contribution in [3.8, 4) is 11.5 Å². The van der Waals surface area contributed by atoms with Gasteiger partial charge in [-0.25, -0.2) is 9.59 Å². The molecule has 226 valence electrons. The number of aliphatic hydroxyl groups is 1. The summed E-state index contributed by atoms with van der Waals surface area (Å²) in [5.41, 5.74) is -0.538. The lowest BCUT2D eigenvalue weighted by Crippen LogP contribution is -2.74. The molecule has 0 unspecified atom stereocenters. The second kappa shape index (κ2) is 10.3. The van der Waals surface area contributed by atoms with Crippen LogP contribution in [0.25, 0.3) is 0 Å². The number of carboxylic acids is 1. The number of rotatable bonds is 9. The van der Waals surface area contributed by atoms with E-state index in [1.807, 2.05) is 13.1 Å². The zero-order chi connectivity index (χ0) is 30.7. The van der Waals surface area contributed by atoms with E-state index >= 15 is 0 Å². The molecule has 0 amide bonds. The number of aliphatic carboxylic acids is 1. The highest BCUT2D eigenvalue weighted by Crippen LogP contribution is 2.65. The first-order chi connectivity index (χ1) is 19.7. The molecule has 1 aromatic carbocycles. The van der Waals surface area contributed by atoms with Gasteiger partial charge in [0.1, 0.15) is 11.5 Å². The molecular formula is C29H33NO12. The number of carbonyl (C=O) groups is 4. The van der Waals surface area contributed by atoms with Crippen molar-refractivity contribution in [2.45, 2.75) is 81.5 Å². The van der Waals surface area contributed by atoms with E-state index in [0.717, 1.165) is 25.0 Å². The molecule has 4 aliphatic rings. The van der Waals surface area contributed by atoms with Crippen LogP contribution in [0.15, 0.2) is 36.3 Å². The number of phenolic OH excluding ortho intramolecular Hbond substituents is 1. The molecule has 42 heavy (non-hydrogen) atoms. The van der Waals surface area contributed by atoms with Gasteiger partial charge < -0.3 is 43.9 Å². The number of phenols is 1. The van der Waals surface area contributed by atoms with E-state index in [1.165, 1.54) is 6.92 Å². The number of piperidine rings is 1. The van der Waals surface area contributed by atoms with Crippen LogP contribution in [0.1, 0.15) is 44.7 Å². The predicted octanol–water partition coefficient (Wildman–Crippen LogP) is 1.08. The van der Waals surface area contributed by atoms with Gasteiger partial charge in [0.2, 0.25) is 12.2 Å². The average molecular weight is 588 g/mol. The van der Waals surface area contributed by atoms with Gasteiger partial charge in [0.15, 0.2) is 23.7 Å². The lowest BCUT2D eigenvalue weighted by atomic mass is 9.50. The maximum atomic E-state index is 13.3. The maximum Gasteiger partial charge on any atom is 0.352 e. The Hall–Kier alpha value is -4.10. The minimum absolute atomic E-state index is 0.0757. The third kappa shape index (κ3) is 4.38. The fourth-order valence-electron chi connectivity index (χ4n) is 6.87. The Morgan fingerprint density at radius 2 is 1.79 bits per heavy atom. The molecule has 3 N–H and O–H groups in total. The first kappa shape index (κ1) is 29.4. The number of carboxylic acid groups (broad SMARTS) is 1. The molecule has 1 spiro atoms. The molecule has 13 nitrogen and oxygen atoms in total. The van der Waals surface area contributed by atoms with Gasteiger partial charge in [-0.1, -0.05) is 12.6 Å². The number of esters is 3. The van der Waals surface area contributed by atoms with Crippen LogP contribution in [0.4, 0.5) is 0 Å². The van der Waals surface area contributed by atoms with Crippen molar-refractivity contribution in [3.05, 3.63) is 47.4 Å². The van der Waals surface area contributed by atoms with Crippen LogP contribution in [-0.4, -0.2) is 93.7 Å². The summed E-state index contributed by atoms with van der Waals surface area (Å²) in [6.07, 6.45) is -3.21. The topological polar surface area (TPSA) is 178 Å². The van der Waals surface area contributed by atoms with Gasteiger partial charge in [-0.15, -0.1) is 0 Å². The number of benzene rings is 1. The highest BCUT2D eigenvalue weighted by Gasteiger charge is 2.72. The molecule has 0 radical (unpaired) electrons. The Balaban J connectivity index is 1.39. The van der Waals surface area contributed by atoms with Gasteiger partial charge in [-0.3, -0.25) is 9.59 Å². The molecule has 1 fully saturated rings. The number of aromatic hydroxyl groups is 1. The molecule has 1 aromatic rings. The first-order valence-electron chi connectivity index (χ1n) is 13.5. The molecule has 0 saturated carbocycles. The Kier molecular flexibility index (Phi) is 7.22. The van der Waals surface area contributed by atoms with Crippen molar-refractivity contribution in [1.29, 1.82) is 0 Å². The van der Waals surface area contributed by atoms with Crippen molar-refractivity contribution in [3.63, 3.8) is 0 Å². The summed E-state index contributed by atoms with van der Waals surface area (Å²) in [5.74, 6) is -4.52. The minimum Gasteiger partial charge on any atom is -0.504 e. The van der Waals surface area contributed by atoms with Crippen LogP contribution in [0.2, 0.25) is 0 Å². The highest BCUT2D eigenvalue weighted by atomic mass is 16.6. The van der Waals surface area contributed by atoms with Crippen LogP contribution < -0.4 is 4.74 Å².